The van der Waals surface area contributed by atoms with Gasteiger partial charge >= 0.3 is 63.3 Å². The summed E-state index contributed by atoms with van der Waals surface area (Å²) < 4.78 is 0. The van der Waals surface area contributed by atoms with E-state index in [-0.39, 0.29) is 52.8 Å². The van der Waals surface area contributed by atoms with Gasteiger partial charge in [0.2, 0.25) is 0 Å². The first kappa shape index (κ1) is 26.1. The maximum atomic E-state index is 11.0. The molecule has 0 aromatic rings. The predicted molar refractivity (Wildman–Crippen MR) is 93.2 cm³/mol. The molecule has 0 aliphatic rings. The molecule has 0 aromatic carbocycles. The molecule has 0 radical (unpaired) electrons. The number of carboxylic acid groups (broad SMARTS) is 2. The third-order valence-electron chi connectivity index (χ3n) is 3.81. The minimum atomic E-state index is -1.17. The standard InChI is InChI=1S/C19H30O4.K.H/c1-3-5-6-7-8-9-12-16(11-4-2)13-10-14-17(19(22)23)15-18(20)21;;/h4,16-17H,2-3,5-9,11-13,15H2,1H3,(H,20,21)(H,22,23);;/q;+1;-1. The van der Waals surface area contributed by atoms with Crippen LogP contribution in [0.5, 0.6) is 0 Å². The summed E-state index contributed by atoms with van der Waals surface area (Å²) in [6.07, 6.45) is 11.4. The van der Waals surface area contributed by atoms with Crippen LogP contribution in [-0.4, -0.2) is 22.2 Å². The summed E-state index contributed by atoms with van der Waals surface area (Å²) >= 11 is 0. The van der Waals surface area contributed by atoms with Crippen LogP contribution in [0.3, 0.4) is 0 Å². The SMILES string of the molecule is C=CCC(CC#CC(CC(=O)O)C(=O)O)CCCCCCCC.[H-].[K+]. The zero-order valence-corrected chi connectivity index (χ0v) is 18.3. The minimum Gasteiger partial charge on any atom is -1.00 e. The van der Waals surface area contributed by atoms with Gasteiger partial charge in [0.05, 0.1) is 6.42 Å². The van der Waals surface area contributed by atoms with E-state index in [0.717, 1.165) is 19.3 Å². The monoisotopic (exact) mass is 362 g/mol. The van der Waals surface area contributed by atoms with Gasteiger partial charge in [-0.05, 0) is 18.8 Å². The number of unbranched alkanes of at least 4 members (excludes halogenated alkanes) is 5. The van der Waals surface area contributed by atoms with Crippen LogP contribution in [0.2, 0.25) is 0 Å². The van der Waals surface area contributed by atoms with Crippen molar-refractivity contribution in [2.24, 2.45) is 11.8 Å². The van der Waals surface area contributed by atoms with Crippen molar-refractivity contribution in [3.8, 4) is 11.8 Å². The van der Waals surface area contributed by atoms with Crippen LogP contribution in [0, 0.1) is 23.7 Å². The normalized spacial score (nSPS) is 12.2. The molecule has 2 N–H and O–H groups in total. The Labute approximate surface area is 190 Å². The molecule has 0 aliphatic heterocycles. The number of aliphatic carboxylic acids is 2. The molecule has 0 fully saturated rings. The maximum absolute atomic E-state index is 11.0. The van der Waals surface area contributed by atoms with Crippen LogP contribution in [-0.2, 0) is 9.59 Å². The van der Waals surface area contributed by atoms with Gasteiger partial charge in [0.1, 0.15) is 5.92 Å². The zero-order valence-electron chi connectivity index (χ0n) is 16.2. The van der Waals surface area contributed by atoms with Crippen LogP contribution in [0.1, 0.15) is 72.6 Å². The van der Waals surface area contributed by atoms with Gasteiger partial charge in [-0.3, -0.25) is 9.59 Å². The average Bonchev–Trinajstić information content (AvgIpc) is 2.49. The van der Waals surface area contributed by atoms with E-state index in [1.54, 1.807) is 0 Å². The van der Waals surface area contributed by atoms with Crippen LogP contribution in [0.25, 0.3) is 0 Å². The van der Waals surface area contributed by atoms with E-state index >= 15 is 0 Å². The van der Waals surface area contributed by atoms with Crippen LogP contribution >= 0.6 is 0 Å². The Kier molecular flexibility index (Phi) is 19.2. The van der Waals surface area contributed by atoms with Crippen LogP contribution < -0.4 is 51.4 Å². The minimum absolute atomic E-state index is 0. The molecule has 0 heterocycles. The number of hydrogen-bond acceptors (Lipinski definition) is 2. The Morgan fingerprint density at radius 3 is 2.33 bits per heavy atom. The van der Waals surface area contributed by atoms with E-state index in [1.807, 2.05) is 6.08 Å². The Balaban J connectivity index is -0.00000242. The summed E-state index contributed by atoms with van der Waals surface area (Å²) in [5.41, 5.74) is 0. The van der Waals surface area contributed by atoms with Gasteiger partial charge in [-0.1, -0.05) is 57.4 Å². The molecular formula is C19H31KO4. The second-order valence-corrected chi connectivity index (χ2v) is 5.96. The fraction of sp³-hybridized carbons (Fsp3) is 0.684. The second kappa shape index (κ2) is 17.7. The molecule has 5 heteroatoms. The first-order chi connectivity index (χ1) is 11.0. The van der Waals surface area contributed by atoms with Gasteiger partial charge in [-0.25, -0.2) is 0 Å². The fourth-order valence-corrected chi connectivity index (χ4v) is 2.45. The van der Waals surface area contributed by atoms with E-state index < -0.39 is 24.3 Å². The van der Waals surface area contributed by atoms with Crippen molar-refractivity contribution >= 4 is 11.9 Å². The van der Waals surface area contributed by atoms with Gasteiger partial charge in [0.15, 0.2) is 0 Å². The Morgan fingerprint density at radius 1 is 1.17 bits per heavy atom. The molecule has 4 nitrogen and oxygen atoms in total. The fourth-order valence-electron chi connectivity index (χ4n) is 2.45. The molecule has 2 unspecified atom stereocenters. The van der Waals surface area contributed by atoms with E-state index in [1.165, 1.54) is 32.1 Å². The van der Waals surface area contributed by atoms with Crippen molar-refractivity contribution < 1.29 is 72.6 Å². The first-order valence-electron chi connectivity index (χ1n) is 8.55. The quantitative estimate of drug-likeness (QED) is 0.226. The summed E-state index contributed by atoms with van der Waals surface area (Å²) in [5.74, 6) is 2.42. The van der Waals surface area contributed by atoms with Gasteiger partial charge in [0, 0.05) is 6.42 Å². The number of carbonyl (C=O) groups is 2. The second-order valence-electron chi connectivity index (χ2n) is 5.96. The number of hydrogen-bond donors (Lipinski definition) is 2. The van der Waals surface area contributed by atoms with Crippen molar-refractivity contribution in [2.75, 3.05) is 0 Å². The summed E-state index contributed by atoms with van der Waals surface area (Å²) in [4.78, 5) is 21.6. The summed E-state index contributed by atoms with van der Waals surface area (Å²) in [5, 5.41) is 17.6. The molecule has 0 spiro atoms. The zero-order chi connectivity index (χ0) is 17.5. The molecule has 24 heavy (non-hydrogen) atoms. The molecule has 132 valence electrons. The summed E-state index contributed by atoms with van der Waals surface area (Å²) in [6, 6.07) is 0. The maximum Gasteiger partial charge on any atom is 1.00 e. The molecular weight excluding hydrogens is 331 g/mol. The Bertz CT molecular complexity index is 429. The number of rotatable bonds is 13. The topological polar surface area (TPSA) is 74.6 Å². The average molecular weight is 363 g/mol. The Hall–Kier alpha value is -0.124. The third-order valence-corrected chi connectivity index (χ3v) is 3.81. The van der Waals surface area contributed by atoms with Crippen LogP contribution in [0.4, 0.5) is 0 Å². The van der Waals surface area contributed by atoms with Crippen molar-refractivity contribution in [1.82, 2.24) is 0 Å². The molecule has 0 aromatic heterocycles. The van der Waals surface area contributed by atoms with E-state index in [4.69, 9.17) is 10.2 Å². The van der Waals surface area contributed by atoms with Crippen molar-refractivity contribution in [3.63, 3.8) is 0 Å². The molecule has 0 saturated carbocycles. The molecule has 0 rings (SSSR count). The Morgan fingerprint density at radius 2 is 1.79 bits per heavy atom. The molecule has 2 atom stereocenters. The first-order valence-corrected chi connectivity index (χ1v) is 8.55. The predicted octanol–water partition coefficient (Wildman–Crippen LogP) is 1.61. The largest absolute Gasteiger partial charge is 1.00 e. The van der Waals surface area contributed by atoms with Gasteiger partial charge in [-0.2, -0.15) is 0 Å². The molecule has 0 amide bonds. The molecule has 0 saturated heterocycles. The van der Waals surface area contributed by atoms with E-state index in [2.05, 4.69) is 25.3 Å². The van der Waals surface area contributed by atoms with Crippen molar-refractivity contribution in [3.05, 3.63) is 12.7 Å². The number of carboxylic acids is 2. The van der Waals surface area contributed by atoms with E-state index in [0.29, 0.717) is 12.3 Å². The van der Waals surface area contributed by atoms with Gasteiger partial charge < -0.3 is 11.6 Å². The van der Waals surface area contributed by atoms with Gasteiger partial charge in [0.25, 0.3) is 0 Å². The number of allylic oxidation sites excluding steroid dienone is 1. The van der Waals surface area contributed by atoms with Crippen molar-refractivity contribution in [1.29, 1.82) is 0 Å². The summed E-state index contributed by atoms with van der Waals surface area (Å²) in [7, 11) is 0. The summed E-state index contributed by atoms with van der Waals surface area (Å²) in [6.45, 7) is 5.96. The van der Waals surface area contributed by atoms with Crippen molar-refractivity contribution in [2.45, 2.75) is 71.1 Å². The van der Waals surface area contributed by atoms with Crippen LogP contribution in [0.15, 0.2) is 12.7 Å². The van der Waals surface area contributed by atoms with E-state index in [9.17, 15) is 9.59 Å². The van der Waals surface area contributed by atoms with Gasteiger partial charge in [-0.15, -0.1) is 12.5 Å². The smallest absolute Gasteiger partial charge is 1.00 e. The molecule has 0 aliphatic carbocycles. The third kappa shape index (κ3) is 15.4. The molecule has 0 bridgehead atoms.